The minimum atomic E-state index is -0.852. The number of aromatic nitrogens is 1. The number of carbonyl (C=O) groups is 1. The lowest BCUT2D eigenvalue weighted by Crippen LogP contribution is -2.40. The van der Waals surface area contributed by atoms with Crippen molar-refractivity contribution in [2.45, 2.75) is 26.5 Å². The zero-order valence-electron chi connectivity index (χ0n) is 25.5. The van der Waals surface area contributed by atoms with Crippen molar-refractivity contribution in [3.05, 3.63) is 110 Å². The van der Waals surface area contributed by atoms with Gasteiger partial charge in [-0.15, -0.1) is 0 Å². The SMILES string of the molecule is CCOC(=O)C1=C(C)N=c2s/c(=C\c3cc(Br)c(OCc4cccc(Cl)c4)c(OC)c3)c(=O)n2[C@H]1c1cc(OC)c(OC)cc1Br. The molecule has 0 amide bonds. The van der Waals surface area contributed by atoms with Crippen molar-refractivity contribution >= 4 is 66.8 Å². The fraction of sp³-hybridized carbons (Fsp3) is 0.242. The first kappa shape index (κ1) is 33.8. The number of esters is 1. The highest BCUT2D eigenvalue weighted by molar-refractivity contribution is 9.10. The summed E-state index contributed by atoms with van der Waals surface area (Å²) in [5, 5.41) is 0.620. The Balaban J connectivity index is 1.62. The second-order valence-electron chi connectivity index (χ2n) is 9.98. The van der Waals surface area contributed by atoms with E-state index in [-0.39, 0.29) is 24.3 Å². The lowest BCUT2D eigenvalue weighted by Gasteiger charge is -2.26. The molecule has 3 aromatic carbocycles. The zero-order chi connectivity index (χ0) is 33.1. The topological polar surface area (TPSA) is 97.6 Å². The molecule has 0 fully saturated rings. The molecule has 2 heterocycles. The maximum atomic E-state index is 14.2. The zero-order valence-corrected chi connectivity index (χ0v) is 30.2. The summed E-state index contributed by atoms with van der Waals surface area (Å²) in [5.74, 6) is 1.35. The van der Waals surface area contributed by atoms with Crippen LogP contribution in [0.15, 0.2) is 78.5 Å². The van der Waals surface area contributed by atoms with Crippen LogP contribution in [0.4, 0.5) is 0 Å². The molecule has 9 nitrogen and oxygen atoms in total. The Morgan fingerprint density at radius 1 is 1.02 bits per heavy atom. The number of fused-ring (bicyclic) bond motifs is 1. The van der Waals surface area contributed by atoms with Crippen LogP contribution in [0.3, 0.4) is 0 Å². The molecule has 0 saturated carbocycles. The number of allylic oxidation sites excluding steroid dienone is 1. The van der Waals surface area contributed by atoms with Gasteiger partial charge in [-0.1, -0.05) is 51.0 Å². The Morgan fingerprint density at radius 2 is 1.74 bits per heavy atom. The predicted molar refractivity (Wildman–Crippen MR) is 184 cm³/mol. The third-order valence-corrected chi connectivity index (χ3v) is 9.63. The molecule has 0 N–H and O–H groups in total. The molecule has 240 valence electrons. The van der Waals surface area contributed by atoms with Crippen molar-refractivity contribution in [1.29, 1.82) is 0 Å². The van der Waals surface area contributed by atoms with Gasteiger partial charge in [0.25, 0.3) is 5.56 Å². The molecule has 0 unspecified atom stereocenters. The molecule has 1 atom stereocenters. The largest absolute Gasteiger partial charge is 0.493 e. The molecular weight excluding hydrogens is 764 g/mol. The Morgan fingerprint density at radius 3 is 2.41 bits per heavy atom. The summed E-state index contributed by atoms with van der Waals surface area (Å²) in [6, 6.07) is 13.7. The smallest absolute Gasteiger partial charge is 0.338 e. The van der Waals surface area contributed by atoms with Gasteiger partial charge in [0.1, 0.15) is 6.61 Å². The maximum absolute atomic E-state index is 14.2. The molecule has 0 spiro atoms. The van der Waals surface area contributed by atoms with Crippen LogP contribution in [0.5, 0.6) is 23.0 Å². The highest BCUT2D eigenvalue weighted by atomic mass is 79.9. The van der Waals surface area contributed by atoms with E-state index in [9.17, 15) is 9.59 Å². The highest BCUT2D eigenvalue weighted by Crippen LogP contribution is 2.41. The summed E-state index contributed by atoms with van der Waals surface area (Å²) in [7, 11) is 4.60. The molecule has 0 radical (unpaired) electrons. The molecule has 13 heteroatoms. The first-order valence-corrected chi connectivity index (χ1v) is 16.7. The minimum absolute atomic E-state index is 0.162. The van der Waals surface area contributed by atoms with Gasteiger partial charge in [-0.2, -0.15) is 0 Å². The maximum Gasteiger partial charge on any atom is 0.338 e. The highest BCUT2D eigenvalue weighted by Gasteiger charge is 2.35. The number of methoxy groups -OCH3 is 3. The average Bonchev–Trinajstić information content (AvgIpc) is 3.33. The number of carbonyl (C=O) groups excluding carboxylic acids is 1. The number of ether oxygens (including phenoxy) is 5. The summed E-state index contributed by atoms with van der Waals surface area (Å²) in [6.45, 7) is 3.90. The van der Waals surface area contributed by atoms with Crippen LogP contribution in [0, 0.1) is 0 Å². The minimum Gasteiger partial charge on any atom is -0.493 e. The molecule has 1 aliphatic heterocycles. The molecule has 4 aromatic rings. The van der Waals surface area contributed by atoms with Crippen LogP contribution >= 0.6 is 54.8 Å². The van der Waals surface area contributed by atoms with Gasteiger partial charge in [0.15, 0.2) is 27.8 Å². The summed E-state index contributed by atoms with van der Waals surface area (Å²) in [5.41, 5.74) is 2.56. The van der Waals surface area contributed by atoms with Gasteiger partial charge in [-0.25, -0.2) is 9.79 Å². The number of benzene rings is 3. The van der Waals surface area contributed by atoms with E-state index in [2.05, 4.69) is 36.9 Å². The van der Waals surface area contributed by atoms with Crippen molar-refractivity contribution < 1.29 is 28.5 Å². The lowest BCUT2D eigenvalue weighted by molar-refractivity contribution is -0.139. The standard InChI is InChI=1S/C33H29Br2ClN2O7S/c1-6-44-32(40)28-17(2)37-33-38(29(28)21-14-24(41-3)25(42-4)15-22(21)34)31(39)27(46-33)13-19-11-23(35)30(26(12-19)43-5)45-16-18-8-7-9-20(36)10-18/h7-15,29H,6,16H2,1-5H3/b27-13-/t29-/m0/s1. The van der Waals surface area contributed by atoms with Crippen molar-refractivity contribution in [1.82, 2.24) is 4.57 Å². The Labute approximate surface area is 290 Å². The van der Waals surface area contributed by atoms with Crippen LogP contribution < -0.4 is 33.8 Å². The molecule has 0 aliphatic carbocycles. The van der Waals surface area contributed by atoms with Crippen molar-refractivity contribution in [3.63, 3.8) is 0 Å². The van der Waals surface area contributed by atoms with Crippen LogP contribution in [0.2, 0.25) is 5.02 Å². The number of halogens is 3. The summed E-state index contributed by atoms with van der Waals surface area (Å²) < 4.78 is 31.3. The van der Waals surface area contributed by atoms with E-state index in [0.29, 0.717) is 63.1 Å². The average molecular weight is 793 g/mol. The van der Waals surface area contributed by atoms with E-state index in [1.54, 1.807) is 51.3 Å². The van der Waals surface area contributed by atoms with E-state index in [4.69, 9.17) is 35.3 Å². The van der Waals surface area contributed by atoms with E-state index in [1.807, 2.05) is 24.3 Å². The Bertz CT molecular complexity index is 2040. The first-order valence-electron chi connectivity index (χ1n) is 14.0. The van der Waals surface area contributed by atoms with E-state index < -0.39 is 12.0 Å². The van der Waals surface area contributed by atoms with Crippen molar-refractivity contribution in [3.8, 4) is 23.0 Å². The monoisotopic (exact) mass is 790 g/mol. The van der Waals surface area contributed by atoms with Crippen molar-refractivity contribution in [2.75, 3.05) is 27.9 Å². The summed E-state index contributed by atoms with van der Waals surface area (Å²) >= 11 is 14.6. The molecule has 0 bridgehead atoms. The number of rotatable bonds is 10. The van der Waals surface area contributed by atoms with Crippen LogP contribution in [-0.2, 0) is 16.1 Å². The van der Waals surface area contributed by atoms with Crippen molar-refractivity contribution in [2.24, 2.45) is 4.99 Å². The molecule has 5 rings (SSSR count). The lowest BCUT2D eigenvalue weighted by atomic mass is 9.95. The van der Waals surface area contributed by atoms with Gasteiger partial charge in [0.05, 0.1) is 54.3 Å². The second kappa shape index (κ2) is 14.5. The molecule has 1 aliphatic rings. The van der Waals surface area contributed by atoms with Gasteiger partial charge >= 0.3 is 5.97 Å². The number of nitrogens with zero attached hydrogens (tertiary/aromatic N) is 2. The third kappa shape index (κ3) is 6.76. The first-order chi connectivity index (χ1) is 22.1. The fourth-order valence-electron chi connectivity index (χ4n) is 5.06. The molecule has 1 aromatic heterocycles. The molecule has 46 heavy (non-hydrogen) atoms. The van der Waals surface area contributed by atoms with E-state index in [0.717, 1.165) is 5.56 Å². The summed E-state index contributed by atoms with van der Waals surface area (Å²) in [4.78, 5) is 32.6. The van der Waals surface area contributed by atoms with Gasteiger partial charge < -0.3 is 23.7 Å². The predicted octanol–water partition coefficient (Wildman–Crippen LogP) is 6.58. The van der Waals surface area contributed by atoms with Gasteiger partial charge in [0, 0.05) is 9.50 Å². The van der Waals surface area contributed by atoms with Gasteiger partial charge in [-0.3, -0.25) is 9.36 Å². The molecule has 0 saturated heterocycles. The van der Waals surface area contributed by atoms with E-state index in [1.165, 1.54) is 30.1 Å². The fourth-order valence-corrected chi connectivity index (χ4v) is 7.43. The third-order valence-electron chi connectivity index (χ3n) is 7.14. The van der Waals surface area contributed by atoms with Gasteiger partial charge in [0.2, 0.25) is 0 Å². The van der Waals surface area contributed by atoms with Crippen LogP contribution in [0.25, 0.3) is 6.08 Å². The van der Waals surface area contributed by atoms with Crippen LogP contribution in [-0.4, -0.2) is 38.5 Å². The number of hydrogen-bond donors (Lipinski definition) is 0. The van der Waals surface area contributed by atoms with E-state index >= 15 is 0 Å². The quantitative estimate of drug-likeness (QED) is 0.168. The Kier molecular flexibility index (Phi) is 10.6. The number of thiazole rings is 1. The van der Waals surface area contributed by atoms with Gasteiger partial charge in [-0.05, 0) is 88.9 Å². The molecular formula is C33H29Br2ClN2O7S. The number of hydrogen-bond acceptors (Lipinski definition) is 9. The normalized spacial score (nSPS) is 14.4. The second-order valence-corrected chi connectivity index (χ2v) is 13.1. The Hall–Kier alpha value is -3.58. The van der Waals surface area contributed by atoms with Crippen LogP contribution in [0.1, 0.15) is 36.6 Å². The summed E-state index contributed by atoms with van der Waals surface area (Å²) in [6.07, 6.45) is 1.75.